The number of rotatable bonds is 5. The van der Waals surface area contributed by atoms with Crippen molar-refractivity contribution in [1.29, 1.82) is 0 Å². The first-order valence-electron chi connectivity index (χ1n) is 9.16. The standard InChI is InChI=1S/C22H21N3O3/c1-4-27-22(26)20-13(2)19(14(3)23-20)21-24-17-11-10-16(12-18(17)25-21)28-15-8-6-5-7-9-15/h5-12,23H,4H2,1-3H3,(H,24,25). The third-order valence-electron chi connectivity index (χ3n) is 4.59. The van der Waals surface area contributed by atoms with Gasteiger partial charge in [0.05, 0.1) is 17.6 Å². The lowest BCUT2D eigenvalue weighted by Gasteiger charge is -2.04. The maximum Gasteiger partial charge on any atom is 0.355 e. The molecule has 142 valence electrons. The summed E-state index contributed by atoms with van der Waals surface area (Å²) in [6, 6.07) is 15.4. The van der Waals surface area contributed by atoms with Gasteiger partial charge in [0.25, 0.3) is 0 Å². The van der Waals surface area contributed by atoms with E-state index in [-0.39, 0.29) is 5.97 Å². The van der Waals surface area contributed by atoms with E-state index in [0.29, 0.717) is 18.1 Å². The first-order chi connectivity index (χ1) is 13.6. The fraction of sp³-hybridized carbons (Fsp3) is 0.182. The first kappa shape index (κ1) is 17.9. The van der Waals surface area contributed by atoms with Gasteiger partial charge in [0.2, 0.25) is 0 Å². The lowest BCUT2D eigenvalue weighted by molar-refractivity contribution is 0.0519. The van der Waals surface area contributed by atoms with Crippen molar-refractivity contribution in [3.05, 3.63) is 65.5 Å². The van der Waals surface area contributed by atoms with E-state index in [1.807, 2.05) is 62.4 Å². The van der Waals surface area contributed by atoms with Gasteiger partial charge in [-0.25, -0.2) is 9.78 Å². The molecule has 2 aromatic heterocycles. The summed E-state index contributed by atoms with van der Waals surface area (Å²) in [7, 11) is 0. The molecule has 6 nitrogen and oxygen atoms in total. The Bertz CT molecular complexity index is 1140. The molecule has 0 aliphatic carbocycles. The average Bonchev–Trinajstić information content (AvgIpc) is 3.22. The number of para-hydroxylation sites is 1. The van der Waals surface area contributed by atoms with Crippen LogP contribution < -0.4 is 4.74 Å². The van der Waals surface area contributed by atoms with E-state index in [9.17, 15) is 4.79 Å². The van der Waals surface area contributed by atoms with Gasteiger partial charge in [-0.3, -0.25) is 0 Å². The molecule has 4 rings (SSSR count). The van der Waals surface area contributed by atoms with Gasteiger partial charge in [-0.15, -0.1) is 0 Å². The normalized spacial score (nSPS) is 11.0. The second-order valence-corrected chi connectivity index (χ2v) is 6.52. The van der Waals surface area contributed by atoms with Crippen molar-refractivity contribution in [2.24, 2.45) is 0 Å². The zero-order valence-corrected chi connectivity index (χ0v) is 16.0. The smallest absolute Gasteiger partial charge is 0.355 e. The highest BCUT2D eigenvalue weighted by atomic mass is 16.5. The van der Waals surface area contributed by atoms with Crippen molar-refractivity contribution in [3.8, 4) is 22.9 Å². The first-order valence-corrected chi connectivity index (χ1v) is 9.16. The number of aromatic amines is 2. The number of aryl methyl sites for hydroxylation is 1. The highest BCUT2D eigenvalue weighted by Crippen LogP contribution is 2.31. The topological polar surface area (TPSA) is 80.0 Å². The van der Waals surface area contributed by atoms with Crippen LogP contribution in [-0.2, 0) is 4.74 Å². The number of ether oxygens (including phenoxy) is 2. The number of nitrogens with one attached hydrogen (secondary N) is 2. The molecule has 0 fully saturated rings. The van der Waals surface area contributed by atoms with Gasteiger partial charge >= 0.3 is 5.97 Å². The molecule has 2 N–H and O–H groups in total. The van der Waals surface area contributed by atoms with Crippen LogP contribution in [0.5, 0.6) is 11.5 Å². The number of H-pyrrole nitrogens is 2. The van der Waals surface area contributed by atoms with E-state index in [4.69, 9.17) is 9.47 Å². The lowest BCUT2D eigenvalue weighted by atomic mass is 10.1. The summed E-state index contributed by atoms with van der Waals surface area (Å²) in [5, 5.41) is 0. The molecule has 0 atom stereocenters. The Labute approximate surface area is 162 Å². The number of hydrogen-bond donors (Lipinski definition) is 2. The SMILES string of the molecule is CCOC(=O)c1[nH]c(C)c(-c2nc3ccc(Oc4ccccc4)cc3[nH]2)c1C. The molecule has 0 radical (unpaired) electrons. The number of nitrogens with zero attached hydrogens (tertiary/aromatic N) is 1. The predicted molar refractivity (Wildman–Crippen MR) is 108 cm³/mol. The van der Waals surface area contributed by atoms with Gasteiger partial charge in [-0.05, 0) is 50.6 Å². The Morgan fingerprint density at radius 3 is 2.57 bits per heavy atom. The summed E-state index contributed by atoms with van der Waals surface area (Å²) in [5.74, 6) is 1.85. The van der Waals surface area contributed by atoms with Crippen LogP contribution in [-0.4, -0.2) is 27.5 Å². The van der Waals surface area contributed by atoms with Crippen molar-refractivity contribution < 1.29 is 14.3 Å². The molecule has 0 unspecified atom stereocenters. The van der Waals surface area contributed by atoms with E-state index < -0.39 is 0 Å². The monoisotopic (exact) mass is 375 g/mol. The largest absolute Gasteiger partial charge is 0.461 e. The maximum atomic E-state index is 12.2. The summed E-state index contributed by atoms with van der Waals surface area (Å²) in [4.78, 5) is 23.3. The molecule has 4 aromatic rings. The molecular weight excluding hydrogens is 354 g/mol. The third kappa shape index (κ3) is 3.24. The minimum atomic E-state index is -0.357. The van der Waals surface area contributed by atoms with Crippen molar-refractivity contribution in [2.45, 2.75) is 20.8 Å². The molecule has 0 aliphatic rings. The number of imidazole rings is 1. The number of benzene rings is 2. The van der Waals surface area contributed by atoms with Crippen LogP contribution in [0.4, 0.5) is 0 Å². The van der Waals surface area contributed by atoms with Crippen LogP contribution in [0.2, 0.25) is 0 Å². The molecule has 2 heterocycles. The van der Waals surface area contributed by atoms with Crippen LogP contribution in [0.25, 0.3) is 22.4 Å². The fourth-order valence-electron chi connectivity index (χ4n) is 3.31. The quantitative estimate of drug-likeness (QED) is 0.473. The summed E-state index contributed by atoms with van der Waals surface area (Å²) in [6.07, 6.45) is 0. The molecule has 0 amide bonds. The Balaban J connectivity index is 1.70. The zero-order valence-electron chi connectivity index (χ0n) is 16.0. The molecule has 28 heavy (non-hydrogen) atoms. The van der Waals surface area contributed by atoms with E-state index in [1.165, 1.54) is 0 Å². The van der Waals surface area contributed by atoms with Crippen molar-refractivity contribution in [2.75, 3.05) is 6.61 Å². The van der Waals surface area contributed by atoms with E-state index in [0.717, 1.165) is 39.4 Å². The van der Waals surface area contributed by atoms with Crippen molar-refractivity contribution >= 4 is 17.0 Å². The average molecular weight is 375 g/mol. The Hall–Kier alpha value is -3.54. The van der Waals surface area contributed by atoms with E-state index in [2.05, 4.69) is 15.0 Å². The highest BCUT2D eigenvalue weighted by molar-refractivity contribution is 5.93. The number of fused-ring (bicyclic) bond motifs is 1. The van der Waals surface area contributed by atoms with Gasteiger partial charge < -0.3 is 19.4 Å². The zero-order chi connectivity index (χ0) is 19.7. The van der Waals surface area contributed by atoms with Crippen LogP contribution in [0.15, 0.2) is 48.5 Å². The summed E-state index contributed by atoms with van der Waals surface area (Å²) < 4.78 is 11.0. The van der Waals surface area contributed by atoms with Gasteiger partial charge in [-0.1, -0.05) is 18.2 Å². The van der Waals surface area contributed by atoms with Crippen molar-refractivity contribution in [1.82, 2.24) is 15.0 Å². The Morgan fingerprint density at radius 2 is 1.82 bits per heavy atom. The number of hydrogen-bond acceptors (Lipinski definition) is 4. The summed E-state index contributed by atoms with van der Waals surface area (Å²) in [6.45, 7) is 5.93. The summed E-state index contributed by atoms with van der Waals surface area (Å²) >= 11 is 0. The van der Waals surface area contributed by atoms with E-state index in [1.54, 1.807) is 6.92 Å². The van der Waals surface area contributed by atoms with Crippen LogP contribution >= 0.6 is 0 Å². The molecule has 0 bridgehead atoms. The van der Waals surface area contributed by atoms with Crippen LogP contribution in [0, 0.1) is 13.8 Å². The van der Waals surface area contributed by atoms with Crippen molar-refractivity contribution in [3.63, 3.8) is 0 Å². The molecule has 2 aromatic carbocycles. The Morgan fingerprint density at radius 1 is 1.04 bits per heavy atom. The van der Waals surface area contributed by atoms with Crippen LogP contribution in [0.3, 0.4) is 0 Å². The molecule has 6 heteroatoms. The predicted octanol–water partition coefficient (Wildman–Crippen LogP) is 5.14. The maximum absolute atomic E-state index is 12.2. The number of carbonyl (C=O) groups is 1. The summed E-state index contributed by atoms with van der Waals surface area (Å²) in [5.41, 5.74) is 4.71. The molecule has 0 spiro atoms. The second-order valence-electron chi connectivity index (χ2n) is 6.52. The highest BCUT2D eigenvalue weighted by Gasteiger charge is 2.21. The van der Waals surface area contributed by atoms with Crippen LogP contribution in [0.1, 0.15) is 28.7 Å². The van der Waals surface area contributed by atoms with E-state index >= 15 is 0 Å². The number of carbonyl (C=O) groups excluding carboxylic acids is 1. The third-order valence-corrected chi connectivity index (χ3v) is 4.59. The second kappa shape index (κ2) is 7.23. The fourth-order valence-corrected chi connectivity index (χ4v) is 3.31. The molecule has 0 saturated carbocycles. The number of esters is 1. The Kier molecular flexibility index (Phi) is 4.61. The van der Waals surface area contributed by atoms with Gasteiger partial charge in [0.1, 0.15) is 23.0 Å². The number of aromatic nitrogens is 3. The van der Waals surface area contributed by atoms with Gasteiger partial charge in [0, 0.05) is 17.3 Å². The van der Waals surface area contributed by atoms with Gasteiger partial charge in [0.15, 0.2) is 0 Å². The lowest BCUT2D eigenvalue weighted by Crippen LogP contribution is -2.06. The molecule has 0 aliphatic heterocycles. The minimum Gasteiger partial charge on any atom is -0.461 e. The molecular formula is C22H21N3O3. The van der Waals surface area contributed by atoms with Gasteiger partial charge in [-0.2, -0.15) is 0 Å². The minimum absolute atomic E-state index is 0.334. The molecule has 0 saturated heterocycles.